The molecule has 0 unspecified atom stereocenters. The number of esters is 1. The Kier molecular flexibility index (Phi) is 6.47. The summed E-state index contributed by atoms with van der Waals surface area (Å²) in [6, 6.07) is 15.4. The SMILES string of the molecule is CCn1c(=NC(=O)CSCc2ccccc2)sc2cc(C(=O)OC)ccc21. The third-order valence-corrected chi connectivity index (χ3v) is 6.01. The van der Waals surface area contributed by atoms with Crippen molar-refractivity contribution in [2.75, 3.05) is 12.9 Å². The van der Waals surface area contributed by atoms with Gasteiger partial charge < -0.3 is 9.30 Å². The lowest BCUT2D eigenvalue weighted by Gasteiger charge is -2.02. The molecule has 0 aliphatic carbocycles. The first-order chi connectivity index (χ1) is 13.1. The van der Waals surface area contributed by atoms with Crippen molar-refractivity contribution in [3.8, 4) is 0 Å². The highest BCUT2D eigenvalue weighted by atomic mass is 32.2. The van der Waals surface area contributed by atoms with Gasteiger partial charge in [-0.3, -0.25) is 4.79 Å². The fourth-order valence-electron chi connectivity index (χ4n) is 2.68. The van der Waals surface area contributed by atoms with E-state index < -0.39 is 0 Å². The minimum absolute atomic E-state index is 0.155. The lowest BCUT2D eigenvalue weighted by molar-refractivity contribution is -0.115. The number of nitrogens with zero attached hydrogens (tertiary/aromatic N) is 2. The molecule has 3 rings (SSSR count). The third kappa shape index (κ3) is 4.67. The second-order valence-corrected chi connectivity index (χ2v) is 7.78. The maximum absolute atomic E-state index is 12.3. The van der Waals surface area contributed by atoms with Crippen LogP contribution < -0.4 is 4.80 Å². The van der Waals surface area contributed by atoms with Crippen molar-refractivity contribution in [3.63, 3.8) is 0 Å². The zero-order chi connectivity index (χ0) is 19.2. The Morgan fingerprint density at radius 2 is 1.96 bits per heavy atom. The summed E-state index contributed by atoms with van der Waals surface area (Å²) in [5.74, 6) is 0.587. The molecule has 0 radical (unpaired) electrons. The van der Waals surface area contributed by atoms with Crippen LogP contribution in [0.4, 0.5) is 0 Å². The number of hydrogen-bond acceptors (Lipinski definition) is 5. The second kappa shape index (κ2) is 9.01. The number of thiazole rings is 1. The molecule has 0 spiro atoms. The molecule has 0 fully saturated rings. The quantitative estimate of drug-likeness (QED) is 0.590. The van der Waals surface area contributed by atoms with Crippen molar-refractivity contribution < 1.29 is 14.3 Å². The molecule has 0 aliphatic heterocycles. The van der Waals surface area contributed by atoms with E-state index in [0.717, 1.165) is 16.0 Å². The summed E-state index contributed by atoms with van der Waals surface area (Å²) in [5.41, 5.74) is 2.64. The molecule has 27 heavy (non-hydrogen) atoms. The number of hydrogen-bond donors (Lipinski definition) is 0. The molecule has 3 aromatic rings. The topological polar surface area (TPSA) is 60.7 Å². The fourth-order valence-corrected chi connectivity index (χ4v) is 4.60. The second-order valence-electron chi connectivity index (χ2n) is 5.79. The Morgan fingerprint density at radius 3 is 2.67 bits per heavy atom. The standard InChI is InChI=1S/C20H20N2O3S2/c1-3-22-16-10-9-15(19(24)25-2)11-17(16)27-20(22)21-18(23)13-26-12-14-7-5-4-6-8-14/h4-11H,3,12-13H2,1-2H3. The predicted octanol–water partition coefficient (Wildman–Crippen LogP) is 3.87. The minimum Gasteiger partial charge on any atom is -0.465 e. The number of carbonyl (C=O) groups excluding carboxylic acids is 2. The van der Waals surface area contributed by atoms with E-state index in [1.54, 1.807) is 23.9 Å². The van der Waals surface area contributed by atoms with Crippen molar-refractivity contribution in [3.05, 3.63) is 64.5 Å². The van der Waals surface area contributed by atoms with Crippen molar-refractivity contribution in [2.24, 2.45) is 4.99 Å². The number of rotatable bonds is 6. The van der Waals surface area contributed by atoms with Gasteiger partial charge in [0.05, 0.1) is 28.6 Å². The van der Waals surface area contributed by atoms with Crippen LogP contribution in [-0.4, -0.2) is 29.3 Å². The van der Waals surface area contributed by atoms with Gasteiger partial charge in [-0.25, -0.2) is 4.79 Å². The summed E-state index contributed by atoms with van der Waals surface area (Å²) < 4.78 is 7.67. The van der Waals surface area contributed by atoms with E-state index >= 15 is 0 Å². The van der Waals surface area contributed by atoms with Crippen LogP contribution in [0.1, 0.15) is 22.8 Å². The summed E-state index contributed by atoms with van der Waals surface area (Å²) in [7, 11) is 1.36. The van der Waals surface area contributed by atoms with E-state index in [9.17, 15) is 9.59 Å². The van der Waals surface area contributed by atoms with Gasteiger partial charge >= 0.3 is 5.97 Å². The molecule has 5 nitrogen and oxygen atoms in total. The summed E-state index contributed by atoms with van der Waals surface area (Å²) in [5, 5.41) is 0. The highest BCUT2D eigenvalue weighted by molar-refractivity contribution is 7.99. The lowest BCUT2D eigenvalue weighted by atomic mass is 10.2. The van der Waals surface area contributed by atoms with Crippen LogP contribution in [0.5, 0.6) is 0 Å². The number of ether oxygens (including phenoxy) is 1. The molecule has 7 heteroatoms. The average molecular weight is 401 g/mol. The minimum atomic E-state index is -0.375. The Morgan fingerprint density at radius 1 is 1.19 bits per heavy atom. The van der Waals surface area contributed by atoms with Gasteiger partial charge in [0.1, 0.15) is 0 Å². The van der Waals surface area contributed by atoms with E-state index in [4.69, 9.17) is 4.74 Å². The van der Waals surface area contributed by atoms with Crippen molar-refractivity contribution >= 4 is 45.2 Å². The molecule has 0 aliphatic rings. The molecule has 140 valence electrons. The van der Waals surface area contributed by atoms with Crippen molar-refractivity contribution in [1.82, 2.24) is 4.57 Å². The molecule has 1 heterocycles. The fraction of sp³-hybridized carbons (Fsp3) is 0.250. The Balaban J connectivity index is 1.79. The lowest BCUT2D eigenvalue weighted by Crippen LogP contribution is -2.16. The summed E-state index contributed by atoms with van der Waals surface area (Å²) in [6.45, 7) is 2.70. The first kappa shape index (κ1) is 19.4. The van der Waals surface area contributed by atoms with Crippen LogP contribution in [0.3, 0.4) is 0 Å². The first-order valence-electron chi connectivity index (χ1n) is 8.53. The van der Waals surface area contributed by atoms with Gasteiger partial charge in [0.25, 0.3) is 5.91 Å². The maximum Gasteiger partial charge on any atom is 0.337 e. The Labute approximate surface area is 165 Å². The predicted molar refractivity (Wildman–Crippen MR) is 110 cm³/mol. The third-order valence-electron chi connectivity index (χ3n) is 3.98. The van der Waals surface area contributed by atoms with Gasteiger partial charge in [-0.1, -0.05) is 41.7 Å². The smallest absolute Gasteiger partial charge is 0.337 e. The molecule has 1 amide bonds. The highest BCUT2D eigenvalue weighted by Crippen LogP contribution is 2.20. The number of methoxy groups -OCH3 is 1. The molecular weight excluding hydrogens is 380 g/mol. The normalized spacial score (nSPS) is 11.7. The van der Waals surface area contributed by atoms with Gasteiger partial charge in [-0.15, -0.1) is 11.8 Å². The summed E-state index contributed by atoms with van der Waals surface area (Å²) in [4.78, 5) is 29.0. The molecule has 0 N–H and O–H groups in total. The van der Waals surface area contributed by atoms with E-state index in [1.165, 1.54) is 24.0 Å². The molecule has 0 atom stereocenters. The average Bonchev–Trinajstić information content (AvgIpc) is 3.04. The Bertz CT molecular complexity index is 1020. The molecule has 0 bridgehead atoms. The zero-order valence-corrected chi connectivity index (χ0v) is 16.8. The van der Waals surface area contributed by atoms with Crippen LogP contribution in [0.15, 0.2) is 53.5 Å². The van der Waals surface area contributed by atoms with Crippen LogP contribution in [0, 0.1) is 0 Å². The maximum atomic E-state index is 12.3. The number of amides is 1. The molecule has 1 aromatic heterocycles. The van der Waals surface area contributed by atoms with Gasteiger partial charge in [0.15, 0.2) is 4.80 Å². The van der Waals surface area contributed by atoms with E-state index in [1.807, 2.05) is 47.9 Å². The van der Waals surface area contributed by atoms with E-state index in [-0.39, 0.29) is 11.9 Å². The monoisotopic (exact) mass is 400 g/mol. The first-order valence-corrected chi connectivity index (χ1v) is 10.5. The molecule has 2 aromatic carbocycles. The van der Waals surface area contributed by atoms with Crippen molar-refractivity contribution in [2.45, 2.75) is 19.2 Å². The van der Waals surface area contributed by atoms with E-state index in [2.05, 4.69) is 4.99 Å². The number of aryl methyl sites for hydroxylation is 1. The highest BCUT2D eigenvalue weighted by Gasteiger charge is 2.11. The van der Waals surface area contributed by atoms with Gasteiger partial charge in [0.2, 0.25) is 0 Å². The van der Waals surface area contributed by atoms with E-state index in [0.29, 0.717) is 22.7 Å². The van der Waals surface area contributed by atoms with Gasteiger partial charge in [0, 0.05) is 12.3 Å². The number of benzene rings is 2. The zero-order valence-electron chi connectivity index (χ0n) is 15.2. The Hall–Kier alpha value is -2.38. The van der Waals surface area contributed by atoms with Gasteiger partial charge in [-0.2, -0.15) is 4.99 Å². The molecule has 0 saturated carbocycles. The molecular formula is C20H20N2O3S2. The number of thioether (sulfide) groups is 1. The van der Waals surface area contributed by atoms with Crippen LogP contribution in [-0.2, 0) is 21.8 Å². The van der Waals surface area contributed by atoms with Crippen LogP contribution in [0.25, 0.3) is 10.2 Å². The summed E-state index contributed by atoms with van der Waals surface area (Å²) >= 11 is 2.96. The van der Waals surface area contributed by atoms with Crippen LogP contribution >= 0.6 is 23.1 Å². The van der Waals surface area contributed by atoms with Crippen LogP contribution in [0.2, 0.25) is 0 Å². The van der Waals surface area contributed by atoms with Crippen molar-refractivity contribution in [1.29, 1.82) is 0 Å². The number of aromatic nitrogens is 1. The number of fused-ring (bicyclic) bond motifs is 1. The van der Waals surface area contributed by atoms with Gasteiger partial charge in [-0.05, 0) is 30.7 Å². The number of carbonyl (C=O) groups is 2. The largest absolute Gasteiger partial charge is 0.465 e. The molecule has 0 saturated heterocycles. The summed E-state index contributed by atoms with van der Waals surface area (Å²) in [6.07, 6.45) is 0.